The lowest BCUT2D eigenvalue weighted by molar-refractivity contribution is 0.510. The highest BCUT2D eigenvalue weighted by molar-refractivity contribution is 7.09. The van der Waals surface area contributed by atoms with Crippen molar-refractivity contribution in [2.24, 2.45) is 7.05 Å². The zero-order valence-electron chi connectivity index (χ0n) is 11.2. The maximum atomic E-state index is 4.34. The lowest BCUT2D eigenvalue weighted by Gasteiger charge is -2.17. The molecule has 2 aromatic rings. The molecule has 0 spiro atoms. The third kappa shape index (κ3) is 2.97. The van der Waals surface area contributed by atoms with Crippen LogP contribution in [0.5, 0.6) is 0 Å². The molecule has 98 valence electrons. The van der Waals surface area contributed by atoms with Crippen LogP contribution in [-0.2, 0) is 13.5 Å². The van der Waals surface area contributed by atoms with Crippen LogP contribution in [-0.4, -0.2) is 21.3 Å². The van der Waals surface area contributed by atoms with Gasteiger partial charge in [0.25, 0.3) is 0 Å². The largest absolute Gasteiger partial charge is 0.309 e. The van der Waals surface area contributed by atoms with E-state index < -0.39 is 0 Å². The third-order valence-electron chi connectivity index (χ3n) is 3.16. The Hall–Kier alpha value is -1.20. The number of aromatic nitrogens is 3. The summed E-state index contributed by atoms with van der Waals surface area (Å²) in [5, 5.41) is 7.76. The molecule has 18 heavy (non-hydrogen) atoms. The number of nitrogens with one attached hydrogen (secondary N) is 1. The van der Waals surface area contributed by atoms with Crippen LogP contribution in [0.4, 0.5) is 0 Å². The Kier molecular flexibility index (Phi) is 4.49. The molecule has 2 rings (SSSR count). The van der Waals surface area contributed by atoms with Gasteiger partial charge in [-0.3, -0.25) is 4.68 Å². The van der Waals surface area contributed by atoms with Gasteiger partial charge in [0.05, 0.1) is 11.2 Å². The standard InChI is InChI=1S/C13H20N4S/c1-4-14-12(13-10(2)15-9-18-13)6-5-11-7-8-16-17(11)3/h7-9,12,14H,4-6H2,1-3H3. The van der Waals surface area contributed by atoms with Crippen molar-refractivity contribution in [3.63, 3.8) is 0 Å². The predicted molar refractivity (Wildman–Crippen MR) is 74.8 cm³/mol. The van der Waals surface area contributed by atoms with Gasteiger partial charge in [0.2, 0.25) is 0 Å². The smallest absolute Gasteiger partial charge is 0.0798 e. The number of thiazole rings is 1. The summed E-state index contributed by atoms with van der Waals surface area (Å²) in [4.78, 5) is 5.70. The van der Waals surface area contributed by atoms with E-state index in [0.29, 0.717) is 6.04 Å². The van der Waals surface area contributed by atoms with Gasteiger partial charge in [0.15, 0.2) is 0 Å². The Labute approximate surface area is 112 Å². The summed E-state index contributed by atoms with van der Waals surface area (Å²) < 4.78 is 1.95. The maximum absolute atomic E-state index is 4.34. The molecule has 0 saturated heterocycles. The molecule has 4 nitrogen and oxygen atoms in total. The van der Waals surface area contributed by atoms with Gasteiger partial charge in [0, 0.05) is 29.9 Å². The second-order valence-electron chi connectivity index (χ2n) is 4.40. The number of aryl methyl sites for hydroxylation is 3. The van der Waals surface area contributed by atoms with E-state index in [4.69, 9.17) is 0 Å². The van der Waals surface area contributed by atoms with E-state index in [2.05, 4.69) is 35.3 Å². The van der Waals surface area contributed by atoms with Crippen molar-refractivity contribution < 1.29 is 0 Å². The number of rotatable bonds is 6. The lowest BCUT2D eigenvalue weighted by Crippen LogP contribution is -2.21. The Morgan fingerprint density at radius 2 is 2.33 bits per heavy atom. The van der Waals surface area contributed by atoms with E-state index in [1.807, 2.05) is 23.4 Å². The van der Waals surface area contributed by atoms with Crippen LogP contribution < -0.4 is 5.32 Å². The van der Waals surface area contributed by atoms with E-state index >= 15 is 0 Å². The first-order valence-electron chi connectivity index (χ1n) is 6.32. The second kappa shape index (κ2) is 6.11. The molecule has 5 heteroatoms. The number of hydrogen-bond acceptors (Lipinski definition) is 4. The quantitative estimate of drug-likeness (QED) is 0.871. The van der Waals surface area contributed by atoms with Gasteiger partial charge in [-0.2, -0.15) is 5.10 Å². The average Bonchev–Trinajstić information content (AvgIpc) is 2.94. The monoisotopic (exact) mass is 264 g/mol. The van der Waals surface area contributed by atoms with E-state index in [0.717, 1.165) is 25.1 Å². The fraction of sp³-hybridized carbons (Fsp3) is 0.538. The predicted octanol–water partition coefficient (Wildman–Crippen LogP) is 2.47. The fourth-order valence-corrected chi connectivity index (χ4v) is 3.07. The van der Waals surface area contributed by atoms with Gasteiger partial charge in [-0.1, -0.05) is 6.92 Å². The maximum Gasteiger partial charge on any atom is 0.0798 e. The van der Waals surface area contributed by atoms with Gasteiger partial charge in [0.1, 0.15) is 0 Å². The second-order valence-corrected chi connectivity index (χ2v) is 5.28. The Balaban J connectivity index is 2.03. The summed E-state index contributed by atoms with van der Waals surface area (Å²) in [6.45, 7) is 5.21. The van der Waals surface area contributed by atoms with Gasteiger partial charge in [-0.25, -0.2) is 4.98 Å². The molecule has 0 amide bonds. The van der Waals surface area contributed by atoms with Crippen LogP contribution in [0, 0.1) is 6.92 Å². The van der Waals surface area contributed by atoms with Gasteiger partial charge in [-0.15, -0.1) is 11.3 Å². The molecule has 0 aliphatic rings. The summed E-state index contributed by atoms with van der Waals surface area (Å²) in [6, 6.07) is 2.49. The molecular formula is C13H20N4S. The van der Waals surface area contributed by atoms with Crippen LogP contribution in [0.2, 0.25) is 0 Å². The van der Waals surface area contributed by atoms with Crippen molar-refractivity contribution in [3.8, 4) is 0 Å². The fourth-order valence-electron chi connectivity index (χ4n) is 2.16. The Bertz CT molecular complexity index is 489. The topological polar surface area (TPSA) is 42.7 Å². The molecule has 2 heterocycles. The van der Waals surface area contributed by atoms with Crippen molar-refractivity contribution in [2.75, 3.05) is 6.54 Å². The summed E-state index contributed by atoms with van der Waals surface area (Å²) in [5.74, 6) is 0. The van der Waals surface area contributed by atoms with Crippen molar-refractivity contribution in [2.45, 2.75) is 32.7 Å². The zero-order valence-corrected chi connectivity index (χ0v) is 12.0. The summed E-state index contributed by atoms with van der Waals surface area (Å²) >= 11 is 1.74. The van der Waals surface area contributed by atoms with Gasteiger partial charge < -0.3 is 5.32 Å². The average molecular weight is 264 g/mol. The van der Waals surface area contributed by atoms with Crippen molar-refractivity contribution in [1.82, 2.24) is 20.1 Å². The van der Waals surface area contributed by atoms with E-state index in [-0.39, 0.29) is 0 Å². The van der Waals surface area contributed by atoms with Crippen LogP contribution >= 0.6 is 11.3 Å². The first-order valence-corrected chi connectivity index (χ1v) is 7.20. The third-order valence-corrected chi connectivity index (χ3v) is 4.21. The molecule has 0 fully saturated rings. The minimum absolute atomic E-state index is 0.400. The van der Waals surface area contributed by atoms with Gasteiger partial charge >= 0.3 is 0 Å². The van der Waals surface area contributed by atoms with E-state index in [1.54, 1.807) is 11.3 Å². The Morgan fingerprint density at radius 1 is 1.50 bits per heavy atom. The van der Waals surface area contributed by atoms with Crippen molar-refractivity contribution in [1.29, 1.82) is 0 Å². The molecule has 0 aliphatic heterocycles. The van der Waals surface area contributed by atoms with E-state index in [9.17, 15) is 0 Å². The zero-order chi connectivity index (χ0) is 13.0. The molecular weight excluding hydrogens is 244 g/mol. The molecule has 1 atom stereocenters. The summed E-state index contributed by atoms with van der Waals surface area (Å²) in [6.07, 6.45) is 3.97. The highest BCUT2D eigenvalue weighted by Crippen LogP contribution is 2.25. The Morgan fingerprint density at radius 3 is 2.89 bits per heavy atom. The van der Waals surface area contributed by atoms with Crippen molar-refractivity contribution >= 4 is 11.3 Å². The molecule has 0 saturated carbocycles. The minimum Gasteiger partial charge on any atom is -0.309 e. The van der Waals surface area contributed by atoms with Gasteiger partial charge in [-0.05, 0) is 32.4 Å². The minimum atomic E-state index is 0.400. The SMILES string of the molecule is CCNC(CCc1ccnn1C)c1scnc1C. The number of nitrogens with zero attached hydrogens (tertiary/aromatic N) is 3. The highest BCUT2D eigenvalue weighted by Gasteiger charge is 2.15. The lowest BCUT2D eigenvalue weighted by atomic mass is 10.1. The normalized spacial score (nSPS) is 12.8. The highest BCUT2D eigenvalue weighted by atomic mass is 32.1. The van der Waals surface area contributed by atoms with Crippen LogP contribution in [0.1, 0.15) is 35.7 Å². The molecule has 1 unspecified atom stereocenters. The van der Waals surface area contributed by atoms with Crippen LogP contribution in [0.25, 0.3) is 0 Å². The molecule has 0 aromatic carbocycles. The molecule has 0 radical (unpaired) electrons. The summed E-state index contributed by atoms with van der Waals surface area (Å²) in [5.41, 5.74) is 4.36. The summed E-state index contributed by atoms with van der Waals surface area (Å²) in [7, 11) is 2.00. The van der Waals surface area contributed by atoms with Crippen LogP contribution in [0.15, 0.2) is 17.8 Å². The first-order chi connectivity index (χ1) is 8.72. The molecule has 0 aliphatic carbocycles. The van der Waals surface area contributed by atoms with Crippen molar-refractivity contribution in [3.05, 3.63) is 34.0 Å². The van der Waals surface area contributed by atoms with E-state index in [1.165, 1.54) is 10.6 Å². The molecule has 2 aromatic heterocycles. The van der Waals surface area contributed by atoms with Crippen LogP contribution in [0.3, 0.4) is 0 Å². The first kappa shape index (κ1) is 13.2. The molecule has 0 bridgehead atoms. The molecule has 1 N–H and O–H groups in total. The number of hydrogen-bond donors (Lipinski definition) is 1.